The van der Waals surface area contributed by atoms with Crippen LogP contribution in [0.4, 0.5) is 0 Å². The van der Waals surface area contributed by atoms with E-state index in [1.165, 1.54) is 17.1 Å². The predicted molar refractivity (Wildman–Crippen MR) is 132 cm³/mol. The Labute approximate surface area is 202 Å². The molecule has 1 aromatic heterocycles. The van der Waals surface area contributed by atoms with Gasteiger partial charge >= 0.3 is 0 Å². The number of aromatic nitrogens is 1. The van der Waals surface area contributed by atoms with Crippen molar-refractivity contribution in [3.8, 4) is 0 Å². The Morgan fingerprint density at radius 1 is 1.12 bits per heavy atom. The summed E-state index contributed by atoms with van der Waals surface area (Å²) in [6.45, 7) is 7.81. The number of likely N-dealkylation sites (tertiary alicyclic amines) is 1. The highest BCUT2D eigenvalue weighted by atomic mass is 32.2. The number of carbonyl (C=O) groups excluding carboxylic acids is 1. The summed E-state index contributed by atoms with van der Waals surface area (Å²) in [6, 6.07) is 7.90. The standard InChI is InChI=1S/C25H34N4O4S/c1-19-7-9-21(10-8-19)11-12-23-24(20(2)27-33-23)34(31,32)29-16-5-6-22(18-29)25(30)26-13-17-28-14-3-4-15-28/h7-12,22H,3-6,13-18H2,1-2H3,(H,26,30)/b12-11+/t22-/m1/s1. The second kappa shape index (κ2) is 10.8. The third-order valence-electron chi connectivity index (χ3n) is 6.62. The van der Waals surface area contributed by atoms with Crippen molar-refractivity contribution in [3.63, 3.8) is 0 Å². The maximum absolute atomic E-state index is 13.6. The highest BCUT2D eigenvalue weighted by molar-refractivity contribution is 7.89. The molecule has 0 aliphatic carbocycles. The molecule has 1 atom stereocenters. The van der Waals surface area contributed by atoms with Crippen LogP contribution in [0.3, 0.4) is 0 Å². The van der Waals surface area contributed by atoms with Crippen LogP contribution in [0.2, 0.25) is 0 Å². The number of rotatable bonds is 8. The Morgan fingerprint density at radius 3 is 2.59 bits per heavy atom. The van der Waals surface area contributed by atoms with Crippen molar-refractivity contribution in [1.29, 1.82) is 0 Å². The SMILES string of the molecule is Cc1ccc(/C=C/c2onc(C)c2S(=O)(=O)N2CCC[C@@H](C(=O)NCCN3CCCC3)C2)cc1. The lowest BCUT2D eigenvalue weighted by atomic mass is 9.99. The number of nitrogens with one attached hydrogen (secondary N) is 1. The average Bonchev–Trinajstić information content (AvgIpc) is 3.48. The molecule has 0 spiro atoms. The van der Waals surface area contributed by atoms with Gasteiger partial charge in [-0.2, -0.15) is 4.31 Å². The van der Waals surface area contributed by atoms with Gasteiger partial charge in [0.2, 0.25) is 15.9 Å². The van der Waals surface area contributed by atoms with Crippen molar-refractivity contribution >= 4 is 28.1 Å². The molecule has 0 bridgehead atoms. The molecule has 184 valence electrons. The lowest BCUT2D eigenvalue weighted by Crippen LogP contribution is -2.46. The Bertz CT molecular complexity index is 1120. The van der Waals surface area contributed by atoms with Gasteiger partial charge in [0.25, 0.3) is 0 Å². The van der Waals surface area contributed by atoms with E-state index in [1.54, 1.807) is 13.0 Å². The number of hydrogen-bond acceptors (Lipinski definition) is 6. The topological polar surface area (TPSA) is 95.8 Å². The summed E-state index contributed by atoms with van der Waals surface area (Å²) in [5, 5.41) is 6.93. The van der Waals surface area contributed by atoms with E-state index in [0.717, 1.165) is 30.8 Å². The maximum atomic E-state index is 13.6. The number of aryl methyl sites for hydroxylation is 2. The minimum atomic E-state index is -3.85. The molecule has 2 aliphatic rings. The largest absolute Gasteiger partial charge is 0.355 e. The van der Waals surface area contributed by atoms with Gasteiger partial charge in [0.05, 0.1) is 5.92 Å². The molecular weight excluding hydrogens is 452 g/mol. The number of carbonyl (C=O) groups is 1. The lowest BCUT2D eigenvalue weighted by molar-refractivity contribution is -0.126. The lowest BCUT2D eigenvalue weighted by Gasteiger charge is -2.31. The number of benzene rings is 1. The Hall–Kier alpha value is -2.49. The van der Waals surface area contributed by atoms with E-state index in [-0.39, 0.29) is 29.0 Å². The van der Waals surface area contributed by atoms with E-state index >= 15 is 0 Å². The van der Waals surface area contributed by atoms with Crippen molar-refractivity contribution < 1.29 is 17.7 Å². The molecule has 4 rings (SSSR count). The van der Waals surface area contributed by atoms with E-state index in [0.29, 0.717) is 31.6 Å². The fourth-order valence-electron chi connectivity index (χ4n) is 4.64. The second-order valence-electron chi connectivity index (χ2n) is 9.25. The third-order valence-corrected chi connectivity index (χ3v) is 8.64. The van der Waals surface area contributed by atoms with Crippen LogP contribution in [0, 0.1) is 19.8 Å². The van der Waals surface area contributed by atoms with Crippen LogP contribution in [0.5, 0.6) is 0 Å². The van der Waals surface area contributed by atoms with Crippen LogP contribution in [-0.4, -0.2) is 68.0 Å². The van der Waals surface area contributed by atoms with Gasteiger partial charge in [-0.05, 0) is 64.3 Å². The molecule has 1 amide bonds. The van der Waals surface area contributed by atoms with Gasteiger partial charge in [-0.15, -0.1) is 0 Å². The zero-order valence-corrected chi connectivity index (χ0v) is 20.8. The van der Waals surface area contributed by atoms with Crippen molar-refractivity contribution in [1.82, 2.24) is 19.7 Å². The Morgan fingerprint density at radius 2 is 1.85 bits per heavy atom. The highest BCUT2D eigenvalue weighted by Crippen LogP contribution is 2.29. The molecule has 2 aromatic rings. The van der Waals surface area contributed by atoms with Crippen molar-refractivity contribution in [2.24, 2.45) is 5.92 Å². The molecule has 3 heterocycles. The summed E-state index contributed by atoms with van der Waals surface area (Å²) >= 11 is 0. The van der Waals surface area contributed by atoms with Crippen LogP contribution >= 0.6 is 0 Å². The first-order valence-corrected chi connectivity index (χ1v) is 13.5. The first-order chi connectivity index (χ1) is 16.3. The normalized spacial score (nSPS) is 20.2. The van der Waals surface area contributed by atoms with Gasteiger partial charge < -0.3 is 14.7 Å². The van der Waals surface area contributed by atoms with Gasteiger partial charge in [-0.25, -0.2) is 8.42 Å². The van der Waals surface area contributed by atoms with Crippen LogP contribution in [0.15, 0.2) is 33.7 Å². The minimum absolute atomic E-state index is 0.0689. The summed E-state index contributed by atoms with van der Waals surface area (Å²) in [5.74, 6) is -0.218. The number of piperidine rings is 1. The molecule has 8 nitrogen and oxygen atoms in total. The monoisotopic (exact) mass is 486 g/mol. The Balaban J connectivity index is 1.43. The first kappa shape index (κ1) is 24.6. The van der Waals surface area contributed by atoms with E-state index in [4.69, 9.17) is 4.52 Å². The summed E-state index contributed by atoms with van der Waals surface area (Å²) in [6.07, 6.45) is 7.21. The van der Waals surface area contributed by atoms with Gasteiger partial charge in [0.15, 0.2) is 10.7 Å². The van der Waals surface area contributed by atoms with E-state index in [1.807, 2.05) is 37.3 Å². The van der Waals surface area contributed by atoms with Gasteiger partial charge in [-0.1, -0.05) is 41.1 Å². The fourth-order valence-corrected chi connectivity index (χ4v) is 6.41. The molecule has 34 heavy (non-hydrogen) atoms. The molecule has 1 N–H and O–H groups in total. The minimum Gasteiger partial charge on any atom is -0.355 e. The molecule has 0 unspecified atom stereocenters. The van der Waals surface area contributed by atoms with Crippen LogP contribution in [0.25, 0.3) is 12.2 Å². The van der Waals surface area contributed by atoms with E-state index in [2.05, 4.69) is 15.4 Å². The molecule has 1 aromatic carbocycles. The molecular formula is C25H34N4O4S. The van der Waals surface area contributed by atoms with Crippen LogP contribution in [0.1, 0.15) is 48.3 Å². The summed E-state index contributed by atoms with van der Waals surface area (Å²) in [5.41, 5.74) is 2.41. The predicted octanol–water partition coefficient (Wildman–Crippen LogP) is 3.07. The number of amides is 1. The van der Waals surface area contributed by atoms with E-state index < -0.39 is 10.0 Å². The summed E-state index contributed by atoms with van der Waals surface area (Å²) in [7, 11) is -3.85. The molecule has 2 aliphatic heterocycles. The zero-order chi connectivity index (χ0) is 24.1. The van der Waals surface area contributed by atoms with Gasteiger partial charge in [0, 0.05) is 26.2 Å². The number of sulfonamides is 1. The maximum Gasteiger partial charge on any atom is 0.248 e. The van der Waals surface area contributed by atoms with E-state index in [9.17, 15) is 13.2 Å². The Kier molecular flexibility index (Phi) is 7.85. The fraction of sp³-hybridized carbons (Fsp3) is 0.520. The highest BCUT2D eigenvalue weighted by Gasteiger charge is 2.36. The van der Waals surface area contributed by atoms with Crippen molar-refractivity contribution in [2.75, 3.05) is 39.3 Å². The number of nitrogens with zero attached hydrogens (tertiary/aromatic N) is 3. The van der Waals surface area contributed by atoms with Gasteiger partial charge in [-0.3, -0.25) is 4.79 Å². The summed E-state index contributed by atoms with van der Waals surface area (Å²) in [4.78, 5) is 15.2. The number of hydrogen-bond donors (Lipinski definition) is 1. The molecule has 0 saturated carbocycles. The first-order valence-electron chi connectivity index (χ1n) is 12.1. The van der Waals surface area contributed by atoms with Crippen molar-refractivity contribution in [3.05, 3.63) is 46.8 Å². The molecule has 2 fully saturated rings. The summed E-state index contributed by atoms with van der Waals surface area (Å²) < 4.78 is 33.9. The molecule has 2 saturated heterocycles. The van der Waals surface area contributed by atoms with Crippen molar-refractivity contribution in [2.45, 2.75) is 44.4 Å². The molecule has 9 heteroatoms. The zero-order valence-electron chi connectivity index (χ0n) is 20.0. The van der Waals surface area contributed by atoms with Gasteiger partial charge in [0.1, 0.15) is 5.69 Å². The molecule has 0 radical (unpaired) electrons. The quantitative estimate of drug-likeness (QED) is 0.616. The average molecular weight is 487 g/mol. The second-order valence-corrected chi connectivity index (χ2v) is 11.1. The van der Waals surface area contributed by atoms with Crippen LogP contribution < -0.4 is 5.32 Å². The smallest absolute Gasteiger partial charge is 0.248 e. The van der Waals surface area contributed by atoms with Crippen LogP contribution in [-0.2, 0) is 14.8 Å². The third kappa shape index (κ3) is 5.76.